The molecule has 1 amide bonds. The van der Waals surface area contributed by atoms with Crippen molar-refractivity contribution < 1.29 is 4.79 Å². The first-order valence-corrected chi connectivity index (χ1v) is 13.0. The summed E-state index contributed by atoms with van der Waals surface area (Å²) in [4.78, 5) is 16.4. The van der Waals surface area contributed by atoms with Gasteiger partial charge in [0, 0.05) is 17.1 Å². The first-order valence-electron chi connectivity index (χ1n) is 10.3. The smallest absolute Gasteiger partial charge is 0.237 e. The molecule has 0 aliphatic carbocycles. The monoisotopic (exact) mass is 480 g/mol. The molecule has 0 spiro atoms. The Morgan fingerprint density at radius 3 is 2.72 bits per heavy atom. The summed E-state index contributed by atoms with van der Waals surface area (Å²) in [6, 6.07) is 22.3. The number of anilines is 2. The van der Waals surface area contributed by atoms with Crippen molar-refractivity contribution in [3.05, 3.63) is 88.1 Å². The Labute approximate surface area is 200 Å². The number of aryl methyl sites for hydroxylation is 1. The fourth-order valence-electron chi connectivity index (χ4n) is 3.17. The van der Waals surface area contributed by atoms with E-state index in [0.29, 0.717) is 12.3 Å². The maximum Gasteiger partial charge on any atom is 0.237 e. The van der Waals surface area contributed by atoms with Crippen LogP contribution in [0.1, 0.15) is 16.0 Å². The Balaban J connectivity index is 1.36. The summed E-state index contributed by atoms with van der Waals surface area (Å²) in [5, 5.41) is 14.6. The second-order valence-electron chi connectivity index (χ2n) is 7.22. The van der Waals surface area contributed by atoms with Crippen LogP contribution in [0.25, 0.3) is 0 Å². The molecule has 0 fully saturated rings. The SMILES string of the molecule is Cc1cccc(N(Cc2ccccc2)C(=O)CSc2nnc(NCCc3cccs3)s2)c1. The number of thioether (sulfide) groups is 1. The maximum absolute atomic E-state index is 13.2. The molecule has 0 aliphatic heterocycles. The quantitative estimate of drug-likeness (QED) is 0.287. The highest BCUT2D eigenvalue weighted by molar-refractivity contribution is 8.01. The van der Waals surface area contributed by atoms with Crippen molar-refractivity contribution in [3.63, 3.8) is 0 Å². The second kappa shape index (κ2) is 11.3. The van der Waals surface area contributed by atoms with Crippen LogP contribution >= 0.6 is 34.4 Å². The number of benzene rings is 2. The van der Waals surface area contributed by atoms with E-state index in [4.69, 9.17) is 0 Å². The van der Waals surface area contributed by atoms with E-state index in [0.717, 1.165) is 39.3 Å². The molecule has 0 bridgehead atoms. The van der Waals surface area contributed by atoms with Crippen molar-refractivity contribution >= 4 is 51.2 Å². The molecule has 2 aromatic carbocycles. The topological polar surface area (TPSA) is 58.1 Å². The summed E-state index contributed by atoms with van der Waals surface area (Å²) < 4.78 is 0.792. The average molecular weight is 481 g/mol. The lowest BCUT2D eigenvalue weighted by molar-refractivity contribution is -0.116. The van der Waals surface area contributed by atoms with E-state index in [1.54, 1.807) is 11.3 Å². The summed E-state index contributed by atoms with van der Waals surface area (Å²) in [5.41, 5.74) is 3.14. The molecule has 5 nitrogen and oxygen atoms in total. The van der Waals surface area contributed by atoms with Gasteiger partial charge in [-0.05, 0) is 48.1 Å². The van der Waals surface area contributed by atoms with Crippen LogP contribution in [0.3, 0.4) is 0 Å². The van der Waals surface area contributed by atoms with Crippen molar-refractivity contribution in [2.45, 2.75) is 24.2 Å². The highest BCUT2D eigenvalue weighted by Gasteiger charge is 2.18. The van der Waals surface area contributed by atoms with Gasteiger partial charge in [-0.2, -0.15) is 0 Å². The minimum atomic E-state index is 0.0480. The van der Waals surface area contributed by atoms with Crippen molar-refractivity contribution in [1.82, 2.24) is 10.2 Å². The van der Waals surface area contributed by atoms with Crippen LogP contribution in [0.4, 0.5) is 10.8 Å². The van der Waals surface area contributed by atoms with Crippen LogP contribution in [0.5, 0.6) is 0 Å². The predicted molar refractivity (Wildman–Crippen MR) is 136 cm³/mol. The summed E-state index contributed by atoms with van der Waals surface area (Å²) in [6.07, 6.45) is 0.961. The van der Waals surface area contributed by atoms with Gasteiger partial charge in [0.15, 0.2) is 4.34 Å². The number of nitrogens with one attached hydrogen (secondary N) is 1. The van der Waals surface area contributed by atoms with E-state index in [1.165, 1.54) is 28.0 Å². The maximum atomic E-state index is 13.2. The third-order valence-electron chi connectivity index (χ3n) is 4.75. The molecule has 0 saturated heterocycles. The number of thiophene rings is 1. The van der Waals surface area contributed by atoms with E-state index in [1.807, 2.05) is 66.4 Å². The molecule has 0 radical (unpaired) electrons. The molecule has 4 aromatic rings. The Morgan fingerprint density at radius 2 is 1.94 bits per heavy atom. The third-order valence-corrected chi connectivity index (χ3v) is 7.69. The van der Waals surface area contributed by atoms with Gasteiger partial charge in [0.2, 0.25) is 11.0 Å². The number of rotatable bonds is 10. The van der Waals surface area contributed by atoms with E-state index in [2.05, 4.69) is 33.0 Å². The van der Waals surface area contributed by atoms with E-state index in [-0.39, 0.29) is 5.91 Å². The normalized spacial score (nSPS) is 10.8. The summed E-state index contributed by atoms with van der Waals surface area (Å²) in [7, 11) is 0. The molecular formula is C24H24N4OS3. The van der Waals surface area contributed by atoms with Gasteiger partial charge in [-0.3, -0.25) is 4.79 Å². The van der Waals surface area contributed by atoms with Crippen LogP contribution in [0.15, 0.2) is 76.4 Å². The van der Waals surface area contributed by atoms with Crippen LogP contribution in [0, 0.1) is 6.92 Å². The van der Waals surface area contributed by atoms with E-state index < -0.39 is 0 Å². The molecule has 0 atom stereocenters. The number of amides is 1. The van der Waals surface area contributed by atoms with Crippen molar-refractivity contribution in [1.29, 1.82) is 0 Å². The summed E-state index contributed by atoms with van der Waals surface area (Å²) in [6.45, 7) is 3.39. The second-order valence-corrected chi connectivity index (χ2v) is 10.5. The molecule has 0 aliphatic rings. The fourth-order valence-corrected chi connectivity index (χ4v) is 5.54. The molecule has 8 heteroatoms. The first kappa shape index (κ1) is 22.5. The summed E-state index contributed by atoms with van der Waals surface area (Å²) >= 11 is 4.68. The molecule has 4 rings (SSSR count). The number of hydrogen-bond acceptors (Lipinski definition) is 7. The molecule has 2 heterocycles. The number of carbonyl (C=O) groups excluding carboxylic acids is 1. The van der Waals surface area contributed by atoms with E-state index >= 15 is 0 Å². The zero-order valence-corrected chi connectivity index (χ0v) is 20.2. The largest absolute Gasteiger partial charge is 0.360 e. The first-order chi connectivity index (χ1) is 15.7. The number of nitrogens with zero attached hydrogens (tertiary/aromatic N) is 3. The van der Waals surface area contributed by atoms with Gasteiger partial charge >= 0.3 is 0 Å². The molecule has 0 unspecified atom stereocenters. The molecule has 2 aromatic heterocycles. The van der Waals surface area contributed by atoms with Crippen LogP contribution in [-0.4, -0.2) is 28.4 Å². The average Bonchev–Trinajstić information content (AvgIpc) is 3.49. The Morgan fingerprint density at radius 1 is 1.06 bits per heavy atom. The minimum Gasteiger partial charge on any atom is -0.360 e. The van der Waals surface area contributed by atoms with Gasteiger partial charge in [0.05, 0.1) is 12.3 Å². The highest BCUT2D eigenvalue weighted by Crippen LogP contribution is 2.27. The van der Waals surface area contributed by atoms with Crippen molar-refractivity contribution in [3.8, 4) is 0 Å². The Hall–Kier alpha value is -2.68. The van der Waals surface area contributed by atoms with Gasteiger partial charge in [0.1, 0.15) is 0 Å². The molecule has 1 N–H and O–H groups in total. The molecular weight excluding hydrogens is 456 g/mol. The zero-order chi connectivity index (χ0) is 22.2. The van der Waals surface area contributed by atoms with Crippen molar-refractivity contribution in [2.75, 3.05) is 22.5 Å². The van der Waals surface area contributed by atoms with Crippen LogP contribution in [-0.2, 0) is 17.8 Å². The van der Waals surface area contributed by atoms with Crippen molar-refractivity contribution in [2.24, 2.45) is 0 Å². The van der Waals surface area contributed by atoms with Gasteiger partial charge in [-0.15, -0.1) is 21.5 Å². The third kappa shape index (κ3) is 6.41. The molecule has 32 heavy (non-hydrogen) atoms. The number of hydrogen-bond donors (Lipinski definition) is 1. The predicted octanol–water partition coefficient (Wildman–Crippen LogP) is 5.89. The number of carbonyl (C=O) groups is 1. The minimum absolute atomic E-state index is 0.0480. The van der Waals surface area contributed by atoms with Crippen LogP contribution < -0.4 is 10.2 Å². The lowest BCUT2D eigenvalue weighted by Gasteiger charge is -2.23. The molecule has 164 valence electrons. The number of aromatic nitrogens is 2. The van der Waals surface area contributed by atoms with Gasteiger partial charge in [0.25, 0.3) is 0 Å². The standard InChI is InChI=1S/C24H24N4OS3/c1-18-7-5-10-20(15-18)28(16-19-8-3-2-4-9-19)22(29)17-31-24-27-26-23(32-24)25-13-12-21-11-6-14-30-21/h2-11,14-15H,12-13,16-17H2,1H3,(H,25,26). The van der Waals surface area contributed by atoms with Gasteiger partial charge in [-0.25, -0.2) is 0 Å². The highest BCUT2D eigenvalue weighted by atomic mass is 32.2. The lowest BCUT2D eigenvalue weighted by atomic mass is 10.1. The Bertz CT molecular complexity index is 1130. The molecule has 0 saturated carbocycles. The van der Waals surface area contributed by atoms with Gasteiger partial charge in [-0.1, -0.05) is 71.6 Å². The Kier molecular flexibility index (Phi) is 7.92. The van der Waals surface area contributed by atoms with E-state index in [9.17, 15) is 4.79 Å². The lowest BCUT2D eigenvalue weighted by Crippen LogP contribution is -2.32. The van der Waals surface area contributed by atoms with Crippen LogP contribution in [0.2, 0.25) is 0 Å². The van der Waals surface area contributed by atoms with Gasteiger partial charge < -0.3 is 10.2 Å². The summed E-state index contributed by atoms with van der Waals surface area (Å²) in [5.74, 6) is 0.358. The fraction of sp³-hybridized carbons (Fsp3) is 0.208. The zero-order valence-electron chi connectivity index (χ0n) is 17.7.